The minimum absolute atomic E-state index is 0.0875. The van der Waals surface area contributed by atoms with Crippen LogP contribution in [0.25, 0.3) is 10.2 Å². The molecule has 0 amide bonds. The van der Waals surface area contributed by atoms with Crippen molar-refractivity contribution in [2.45, 2.75) is 6.54 Å². The van der Waals surface area contributed by atoms with Gasteiger partial charge in [-0.15, -0.1) is 11.3 Å². The Hall–Kier alpha value is -2.44. The molecule has 5 nitrogen and oxygen atoms in total. The maximum atomic E-state index is 10.7. The maximum Gasteiger partial charge on any atom is 0.365 e. The van der Waals surface area contributed by atoms with Crippen LogP contribution in [0.2, 0.25) is 0 Å². The Labute approximate surface area is 132 Å². The van der Waals surface area contributed by atoms with Crippen LogP contribution in [-0.4, -0.2) is 23.2 Å². The van der Waals surface area contributed by atoms with E-state index in [1.54, 1.807) is 6.07 Å². The van der Waals surface area contributed by atoms with Gasteiger partial charge in [-0.3, -0.25) is 0 Å². The number of fused-ring (bicyclic) bond motifs is 1. The number of carbonyl (C=O) groups is 1. The lowest BCUT2D eigenvalue weighted by Crippen LogP contribution is -1.94. The number of nitrogens with two attached hydrogens (primary N) is 1. The van der Waals surface area contributed by atoms with E-state index in [9.17, 15) is 4.79 Å². The standard InChI is InChI=1S/C9H7NO3S.C7H9N/c1-13-5-3-2-4-6-7(5)10-8(14-6)9(11)12;8-6-7-4-2-1-3-5-7/h2-4H,1H3,(H,11,12);1-5H,6,8H2. The van der Waals surface area contributed by atoms with E-state index in [1.165, 1.54) is 12.7 Å². The van der Waals surface area contributed by atoms with E-state index >= 15 is 0 Å². The number of rotatable bonds is 3. The number of aromatic nitrogens is 1. The zero-order valence-corrected chi connectivity index (χ0v) is 12.8. The van der Waals surface area contributed by atoms with Crippen molar-refractivity contribution in [2.24, 2.45) is 5.73 Å². The molecular formula is C16H16N2O3S. The highest BCUT2D eigenvalue weighted by molar-refractivity contribution is 7.20. The van der Waals surface area contributed by atoms with Crippen molar-refractivity contribution < 1.29 is 14.6 Å². The van der Waals surface area contributed by atoms with E-state index in [1.807, 2.05) is 42.5 Å². The fraction of sp³-hybridized carbons (Fsp3) is 0.125. The summed E-state index contributed by atoms with van der Waals surface area (Å²) in [4.78, 5) is 14.7. The van der Waals surface area contributed by atoms with Crippen molar-refractivity contribution in [1.82, 2.24) is 4.98 Å². The number of aromatic carboxylic acids is 1. The normalized spacial score (nSPS) is 9.91. The monoisotopic (exact) mass is 316 g/mol. The van der Waals surface area contributed by atoms with Gasteiger partial charge in [-0.05, 0) is 17.7 Å². The van der Waals surface area contributed by atoms with Crippen molar-refractivity contribution >= 4 is 27.5 Å². The summed E-state index contributed by atoms with van der Waals surface area (Å²) < 4.78 is 5.89. The van der Waals surface area contributed by atoms with E-state index in [0.29, 0.717) is 17.8 Å². The van der Waals surface area contributed by atoms with Gasteiger partial charge in [-0.1, -0.05) is 36.4 Å². The highest BCUT2D eigenvalue weighted by Gasteiger charge is 2.12. The van der Waals surface area contributed by atoms with Gasteiger partial charge >= 0.3 is 5.97 Å². The highest BCUT2D eigenvalue weighted by atomic mass is 32.1. The van der Waals surface area contributed by atoms with Crippen LogP contribution in [0, 0.1) is 0 Å². The van der Waals surface area contributed by atoms with Gasteiger partial charge in [-0.25, -0.2) is 9.78 Å². The molecule has 0 unspecified atom stereocenters. The molecule has 3 aromatic rings. The average molecular weight is 316 g/mol. The molecule has 0 saturated carbocycles. The summed E-state index contributed by atoms with van der Waals surface area (Å²) >= 11 is 1.14. The van der Waals surface area contributed by atoms with Crippen LogP contribution in [0.4, 0.5) is 0 Å². The van der Waals surface area contributed by atoms with Gasteiger partial charge in [0.25, 0.3) is 0 Å². The van der Waals surface area contributed by atoms with Crippen LogP contribution in [0.1, 0.15) is 15.4 Å². The molecule has 0 spiro atoms. The molecule has 0 bridgehead atoms. The van der Waals surface area contributed by atoms with E-state index in [2.05, 4.69) is 4.98 Å². The molecule has 0 fully saturated rings. The summed E-state index contributed by atoms with van der Waals surface area (Å²) in [6, 6.07) is 15.4. The number of benzene rings is 2. The Morgan fingerprint density at radius 1 is 1.23 bits per heavy atom. The lowest BCUT2D eigenvalue weighted by Gasteiger charge is -1.97. The summed E-state index contributed by atoms with van der Waals surface area (Å²) in [7, 11) is 1.54. The summed E-state index contributed by atoms with van der Waals surface area (Å²) in [5, 5.41) is 8.84. The topological polar surface area (TPSA) is 85.4 Å². The first-order valence-electron chi connectivity index (χ1n) is 6.56. The third-order valence-corrected chi connectivity index (χ3v) is 3.87. The van der Waals surface area contributed by atoms with Crippen LogP contribution in [0.15, 0.2) is 48.5 Å². The molecule has 3 N–H and O–H groups in total. The minimum Gasteiger partial charge on any atom is -0.494 e. The van der Waals surface area contributed by atoms with Gasteiger partial charge in [0, 0.05) is 6.54 Å². The molecule has 1 aromatic heterocycles. The molecule has 0 aliphatic heterocycles. The first-order chi connectivity index (χ1) is 10.7. The molecule has 114 valence electrons. The summed E-state index contributed by atoms with van der Waals surface area (Å²) in [5.41, 5.74) is 7.15. The van der Waals surface area contributed by atoms with Crippen LogP contribution in [0.5, 0.6) is 5.75 Å². The van der Waals surface area contributed by atoms with Gasteiger partial charge in [0.1, 0.15) is 11.3 Å². The van der Waals surface area contributed by atoms with Crippen molar-refractivity contribution in [3.8, 4) is 5.75 Å². The summed E-state index contributed by atoms with van der Waals surface area (Å²) in [6.45, 7) is 0.640. The van der Waals surface area contributed by atoms with Gasteiger partial charge in [0.05, 0.1) is 11.8 Å². The number of thiazole rings is 1. The van der Waals surface area contributed by atoms with Crippen molar-refractivity contribution in [1.29, 1.82) is 0 Å². The number of nitrogens with zero attached hydrogens (tertiary/aromatic N) is 1. The second-order valence-electron chi connectivity index (χ2n) is 4.32. The van der Waals surface area contributed by atoms with Crippen molar-refractivity contribution in [2.75, 3.05) is 7.11 Å². The van der Waals surface area contributed by atoms with Crippen molar-refractivity contribution in [3.05, 3.63) is 59.1 Å². The van der Waals surface area contributed by atoms with E-state index in [-0.39, 0.29) is 5.01 Å². The third-order valence-electron chi connectivity index (χ3n) is 2.86. The minimum atomic E-state index is -1.01. The Kier molecular flexibility index (Phi) is 5.46. The Balaban J connectivity index is 0.000000188. The van der Waals surface area contributed by atoms with Gasteiger partial charge in [-0.2, -0.15) is 0 Å². The first-order valence-corrected chi connectivity index (χ1v) is 7.38. The number of ether oxygens (including phenoxy) is 1. The molecule has 0 radical (unpaired) electrons. The Bertz CT molecular complexity index is 756. The SMILES string of the molecule is COc1cccc2sc(C(=O)O)nc12.NCc1ccccc1. The van der Waals surface area contributed by atoms with Crippen LogP contribution < -0.4 is 10.5 Å². The van der Waals surface area contributed by atoms with E-state index in [4.69, 9.17) is 15.6 Å². The summed E-state index contributed by atoms with van der Waals surface area (Å²) in [5.74, 6) is -0.403. The molecule has 2 aromatic carbocycles. The van der Waals surface area contributed by atoms with E-state index in [0.717, 1.165) is 16.0 Å². The summed E-state index contributed by atoms with van der Waals surface area (Å²) in [6.07, 6.45) is 0. The average Bonchev–Trinajstić information content (AvgIpc) is 3.00. The number of methoxy groups -OCH3 is 1. The molecule has 1 heterocycles. The molecule has 0 aliphatic rings. The number of carboxylic acids is 1. The second kappa shape index (κ2) is 7.53. The molecule has 0 atom stereocenters. The second-order valence-corrected chi connectivity index (χ2v) is 5.35. The van der Waals surface area contributed by atoms with Crippen LogP contribution >= 0.6 is 11.3 Å². The van der Waals surface area contributed by atoms with Crippen LogP contribution in [-0.2, 0) is 6.54 Å². The van der Waals surface area contributed by atoms with Gasteiger partial charge in [0.15, 0.2) is 0 Å². The fourth-order valence-corrected chi connectivity index (χ4v) is 2.62. The quantitative estimate of drug-likeness (QED) is 0.775. The van der Waals surface area contributed by atoms with Gasteiger partial charge < -0.3 is 15.6 Å². The first kappa shape index (κ1) is 15.9. The van der Waals surface area contributed by atoms with Crippen molar-refractivity contribution in [3.63, 3.8) is 0 Å². The number of hydrogen-bond acceptors (Lipinski definition) is 5. The molecule has 3 rings (SSSR count). The highest BCUT2D eigenvalue weighted by Crippen LogP contribution is 2.29. The number of carboxylic acid groups (broad SMARTS) is 1. The van der Waals surface area contributed by atoms with Crippen LogP contribution in [0.3, 0.4) is 0 Å². The molecule has 6 heteroatoms. The molecule has 0 saturated heterocycles. The number of hydrogen-bond donors (Lipinski definition) is 2. The lowest BCUT2D eigenvalue weighted by molar-refractivity contribution is 0.0696. The fourth-order valence-electron chi connectivity index (χ4n) is 1.79. The lowest BCUT2D eigenvalue weighted by atomic mass is 10.2. The Morgan fingerprint density at radius 3 is 2.50 bits per heavy atom. The zero-order valence-electron chi connectivity index (χ0n) is 12.0. The predicted octanol–water partition coefficient (Wildman–Crippen LogP) is 3.15. The largest absolute Gasteiger partial charge is 0.494 e. The van der Waals surface area contributed by atoms with E-state index < -0.39 is 5.97 Å². The smallest absolute Gasteiger partial charge is 0.365 e. The molecule has 22 heavy (non-hydrogen) atoms. The van der Waals surface area contributed by atoms with Gasteiger partial charge in [0.2, 0.25) is 5.01 Å². The molecule has 0 aliphatic carbocycles. The third kappa shape index (κ3) is 3.81. The predicted molar refractivity (Wildman–Crippen MR) is 87.5 cm³/mol. The molecular weight excluding hydrogens is 300 g/mol. The number of para-hydroxylation sites is 1. The maximum absolute atomic E-state index is 10.7. The zero-order chi connectivity index (χ0) is 15.9. The Morgan fingerprint density at radius 2 is 1.95 bits per heavy atom.